The number of nitro groups is 1. The molecule has 0 saturated carbocycles. The number of halogens is 1. The molecule has 0 unspecified atom stereocenters. The van der Waals surface area contributed by atoms with Gasteiger partial charge in [0.15, 0.2) is 5.16 Å². The molecular weight excluding hydrogens is 574 g/mol. The molecule has 206 valence electrons. The molecule has 0 atom stereocenters. The topological polar surface area (TPSA) is 129 Å². The lowest BCUT2D eigenvalue weighted by molar-refractivity contribution is -0.384. The van der Waals surface area contributed by atoms with E-state index in [4.69, 9.17) is 21.3 Å². The number of aromatic nitrogens is 2. The molecule has 0 radical (unpaired) electrons. The van der Waals surface area contributed by atoms with Crippen molar-refractivity contribution in [3.63, 3.8) is 0 Å². The number of nitrogens with zero attached hydrogens (tertiary/aromatic N) is 4. The molecule has 0 saturated heterocycles. The minimum absolute atomic E-state index is 0.0113. The highest BCUT2D eigenvalue weighted by Gasteiger charge is 2.23. The molecule has 0 fully saturated rings. The molecule has 5 rings (SSSR count). The van der Waals surface area contributed by atoms with Crippen molar-refractivity contribution in [2.24, 2.45) is 5.10 Å². The first-order chi connectivity index (χ1) is 19.4. The first kappa shape index (κ1) is 27.8. The highest BCUT2D eigenvalue weighted by molar-refractivity contribution is 7.99. The van der Waals surface area contributed by atoms with Crippen LogP contribution in [0.4, 0.5) is 5.69 Å². The van der Waals surface area contributed by atoms with Crippen molar-refractivity contribution in [2.75, 3.05) is 12.4 Å². The number of aryl methyl sites for hydroxylation is 2. The Kier molecular flexibility index (Phi) is 8.48. The molecule has 0 spiro atoms. The van der Waals surface area contributed by atoms with Crippen molar-refractivity contribution >= 4 is 62.7 Å². The number of carbonyl (C=O) groups is 1. The van der Waals surface area contributed by atoms with Crippen LogP contribution in [-0.4, -0.2) is 39.0 Å². The summed E-state index contributed by atoms with van der Waals surface area (Å²) in [7, 11) is 0. The van der Waals surface area contributed by atoms with Crippen molar-refractivity contribution in [1.29, 1.82) is 0 Å². The third-order valence-corrected chi connectivity index (χ3v) is 8.71. The van der Waals surface area contributed by atoms with Crippen molar-refractivity contribution in [3.8, 4) is 11.4 Å². The Bertz CT molecular complexity index is 1680. The Balaban J connectivity index is 1.40. The minimum atomic E-state index is -0.591. The van der Waals surface area contributed by atoms with Gasteiger partial charge in [0.25, 0.3) is 17.2 Å². The van der Waals surface area contributed by atoms with Crippen molar-refractivity contribution < 1.29 is 14.5 Å². The fraction of sp³-hybridized carbons (Fsp3) is 0.259. The molecule has 4 aromatic rings. The first-order valence-corrected chi connectivity index (χ1v) is 14.7. The lowest BCUT2D eigenvalue weighted by Crippen LogP contribution is -2.24. The summed E-state index contributed by atoms with van der Waals surface area (Å²) in [5, 5.41) is 16.0. The van der Waals surface area contributed by atoms with E-state index in [9.17, 15) is 19.7 Å². The van der Waals surface area contributed by atoms with Crippen LogP contribution in [0.25, 0.3) is 15.9 Å². The van der Waals surface area contributed by atoms with Crippen LogP contribution in [-0.2, 0) is 17.6 Å². The summed E-state index contributed by atoms with van der Waals surface area (Å²) in [6, 6.07) is 11.4. The molecule has 1 N–H and O–H groups in total. The molecule has 0 aliphatic heterocycles. The SMILES string of the molecule is CCOc1ccc(-n2c(SCC(=O)NN=Cc3ccc(Cl)c([N+](=O)[O-])c3)nc3sc4c(c3c2=O)CCCC4)cc1. The van der Waals surface area contributed by atoms with E-state index in [-0.39, 0.29) is 22.0 Å². The van der Waals surface area contributed by atoms with Gasteiger partial charge in [-0.05, 0) is 68.5 Å². The minimum Gasteiger partial charge on any atom is -0.494 e. The molecule has 13 heteroatoms. The zero-order chi connectivity index (χ0) is 28.2. The summed E-state index contributed by atoms with van der Waals surface area (Å²) in [6.07, 6.45) is 5.24. The summed E-state index contributed by atoms with van der Waals surface area (Å²) < 4.78 is 7.10. The van der Waals surface area contributed by atoms with E-state index >= 15 is 0 Å². The lowest BCUT2D eigenvalue weighted by atomic mass is 9.97. The van der Waals surface area contributed by atoms with Crippen LogP contribution in [0.15, 0.2) is 57.5 Å². The second-order valence-corrected chi connectivity index (χ2v) is 11.3. The normalized spacial score (nSPS) is 12.9. The third-order valence-electron chi connectivity index (χ3n) is 6.27. The van der Waals surface area contributed by atoms with E-state index < -0.39 is 10.8 Å². The Morgan fingerprint density at radius 3 is 2.80 bits per heavy atom. The maximum absolute atomic E-state index is 13.9. The predicted octanol–water partition coefficient (Wildman–Crippen LogP) is 5.53. The van der Waals surface area contributed by atoms with Crippen LogP contribution in [0.1, 0.15) is 35.8 Å². The number of nitrogens with one attached hydrogen (secondary N) is 1. The summed E-state index contributed by atoms with van der Waals surface area (Å²) >= 11 is 8.52. The molecule has 2 aromatic heterocycles. The predicted molar refractivity (Wildman–Crippen MR) is 158 cm³/mol. The summed E-state index contributed by atoms with van der Waals surface area (Å²) in [4.78, 5) is 43.7. The van der Waals surface area contributed by atoms with Gasteiger partial charge in [0.1, 0.15) is 15.6 Å². The number of hydrogen-bond acceptors (Lipinski definition) is 9. The zero-order valence-corrected chi connectivity index (χ0v) is 23.8. The van der Waals surface area contributed by atoms with Gasteiger partial charge in [-0.2, -0.15) is 5.10 Å². The summed E-state index contributed by atoms with van der Waals surface area (Å²) in [5.41, 5.74) is 4.13. The van der Waals surface area contributed by atoms with Gasteiger partial charge >= 0.3 is 0 Å². The average molecular weight is 598 g/mol. The highest BCUT2D eigenvalue weighted by Crippen LogP contribution is 2.35. The number of amides is 1. The quantitative estimate of drug-likeness (QED) is 0.0883. The van der Waals surface area contributed by atoms with Crippen molar-refractivity contribution in [2.45, 2.75) is 37.8 Å². The van der Waals surface area contributed by atoms with E-state index in [2.05, 4.69) is 10.5 Å². The number of ether oxygens (including phenoxy) is 1. The zero-order valence-electron chi connectivity index (χ0n) is 21.4. The molecule has 2 aromatic carbocycles. The molecule has 10 nitrogen and oxygen atoms in total. The Morgan fingerprint density at radius 2 is 2.05 bits per heavy atom. The lowest BCUT2D eigenvalue weighted by Gasteiger charge is -2.14. The fourth-order valence-electron chi connectivity index (χ4n) is 4.46. The largest absolute Gasteiger partial charge is 0.494 e. The number of thiophene rings is 1. The molecule has 1 aliphatic rings. The number of thioether (sulfide) groups is 1. The smallest absolute Gasteiger partial charge is 0.288 e. The summed E-state index contributed by atoms with van der Waals surface area (Å²) in [5.74, 6) is 0.208. The number of nitro benzene ring substituents is 1. The number of carbonyl (C=O) groups excluding carboxylic acids is 1. The number of hydrazone groups is 1. The van der Waals surface area contributed by atoms with Crippen LogP contribution < -0.4 is 15.7 Å². The van der Waals surface area contributed by atoms with Crippen LogP contribution in [0, 0.1) is 10.1 Å². The van der Waals surface area contributed by atoms with Gasteiger partial charge < -0.3 is 4.74 Å². The van der Waals surface area contributed by atoms with Gasteiger partial charge in [-0.15, -0.1) is 11.3 Å². The fourth-order valence-corrected chi connectivity index (χ4v) is 6.75. The first-order valence-electron chi connectivity index (χ1n) is 12.5. The second-order valence-electron chi connectivity index (χ2n) is 8.90. The molecule has 2 heterocycles. The number of benzene rings is 2. The highest BCUT2D eigenvalue weighted by atomic mass is 35.5. The van der Waals surface area contributed by atoms with Gasteiger partial charge in [0.05, 0.1) is 34.6 Å². The third kappa shape index (κ3) is 5.88. The van der Waals surface area contributed by atoms with E-state index in [1.165, 1.54) is 23.2 Å². The molecule has 1 aliphatic carbocycles. The van der Waals surface area contributed by atoms with Crippen LogP contribution in [0.2, 0.25) is 5.02 Å². The van der Waals surface area contributed by atoms with Crippen molar-refractivity contribution in [1.82, 2.24) is 15.0 Å². The maximum Gasteiger partial charge on any atom is 0.288 e. The van der Waals surface area contributed by atoms with E-state index in [0.29, 0.717) is 39.0 Å². The number of rotatable bonds is 9. The van der Waals surface area contributed by atoms with E-state index in [1.807, 2.05) is 6.92 Å². The van der Waals surface area contributed by atoms with Gasteiger partial charge in [-0.1, -0.05) is 29.4 Å². The maximum atomic E-state index is 13.9. The number of fused-ring (bicyclic) bond motifs is 3. The molecule has 0 bridgehead atoms. The Labute approximate surface area is 242 Å². The van der Waals surface area contributed by atoms with Gasteiger partial charge in [0, 0.05) is 16.5 Å². The Morgan fingerprint density at radius 1 is 1.27 bits per heavy atom. The second kappa shape index (κ2) is 12.2. The summed E-state index contributed by atoms with van der Waals surface area (Å²) in [6.45, 7) is 2.43. The van der Waals surface area contributed by atoms with Gasteiger partial charge in [-0.25, -0.2) is 10.4 Å². The van der Waals surface area contributed by atoms with Crippen LogP contribution in [0.5, 0.6) is 5.75 Å². The monoisotopic (exact) mass is 597 g/mol. The Hall–Kier alpha value is -3.74. The van der Waals surface area contributed by atoms with E-state index in [0.717, 1.165) is 43.0 Å². The molecule has 1 amide bonds. The van der Waals surface area contributed by atoms with Crippen LogP contribution in [0.3, 0.4) is 0 Å². The van der Waals surface area contributed by atoms with Crippen LogP contribution >= 0.6 is 34.7 Å². The number of hydrogen-bond donors (Lipinski definition) is 1. The molecule has 40 heavy (non-hydrogen) atoms. The van der Waals surface area contributed by atoms with Gasteiger partial charge in [-0.3, -0.25) is 24.3 Å². The van der Waals surface area contributed by atoms with E-state index in [1.54, 1.807) is 46.2 Å². The van der Waals surface area contributed by atoms with Crippen molar-refractivity contribution in [3.05, 3.63) is 84.0 Å². The average Bonchev–Trinajstić information content (AvgIpc) is 3.32. The molecular formula is C27H24ClN5O5S2. The standard InChI is InChI=1S/C27H24ClN5O5S2/c1-2-38-18-10-8-17(9-11-18)32-26(35)24-19-5-3-4-6-22(19)40-25(24)30-27(32)39-15-23(34)31-29-14-16-7-12-20(28)21(13-16)33(36)37/h7-14H,2-6,15H2,1H3,(H,31,34). The van der Waals surface area contributed by atoms with Gasteiger partial charge in [0.2, 0.25) is 0 Å².